The van der Waals surface area contributed by atoms with Crippen LogP contribution in [0.25, 0.3) is 0 Å². The Morgan fingerprint density at radius 2 is 1.74 bits per heavy atom. The fourth-order valence-corrected chi connectivity index (χ4v) is 2.37. The van der Waals surface area contributed by atoms with E-state index in [1.165, 1.54) is 0 Å². The number of nitrogens with zero attached hydrogens (tertiary/aromatic N) is 1. The van der Waals surface area contributed by atoms with Crippen LogP contribution < -0.4 is 20.1 Å². The standard InChI is InChI=1S/C19H24ClN3O3.HI/c1-21-19(23-16-8-9-17(24-2)18(12-16)25-3)22-10-11-26-13-14-4-6-15(20)7-5-14;/h4-9,12H,10-11,13H2,1-3H3,(H2,21,22,23);1H. The second-order valence-corrected chi connectivity index (χ2v) is 5.81. The van der Waals surface area contributed by atoms with E-state index in [9.17, 15) is 0 Å². The Morgan fingerprint density at radius 1 is 1.04 bits per heavy atom. The summed E-state index contributed by atoms with van der Waals surface area (Å²) in [4.78, 5) is 4.20. The van der Waals surface area contributed by atoms with Crippen LogP contribution in [0.15, 0.2) is 47.5 Å². The first kappa shape index (κ1) is 23.3. The fraction of sp³-hybridized carbons (Fsp3) is 0.316. The van der Waals surface area contributed by atoms with Gasteiger partial charge >= 0.3 is 0 Å². The highest BCUT2D eigenvalue weighted by Gasteiger charge is 2.06. The molecular weight excluding hydrogens is 481 g/mol. The molecule has 0 spiro atoms. The first-order chi connectivity index (χ1) is 12.7. The lowest BCUT2D eigenvalue weighted by Gasteiger charge is -2.14. The molecule has 0 atom stereocenters. The minimum absolute atomic E-state index is 0. The SMILES string of the molecule is CN=C(NCCOCc1ccc(Cl)cc1)Nc1ccc(OC)c(OC)c1.I. The highest BCUT2D eigenvalue weighted by molar-refractivity contribution is 14.0. The van der Waals surface area contributed by atoms with Gasteiger partial charge in [0.15, 0.2) is 17.5 Å². The Balaban J connectivity index is 0.00000364. The van der Waals surface area contributed by atoms with Gasteiger partial charge in [-0.15, -0.1) is 24.0 Å². The fourth-order valence-electron chi connectivity index (χ4n) is 2.24. The van der Waals surface area contributed by atoms with Crippen molar-refractivity contribution in [3.63, 3.8) is 0 Å². The maximum absolute atomic E-state index is 5.86. The van der Waals surface area contributed by atoms with Crippen LogP contribution in [-0.4, -0.2) is 40.4 Å². The lowest BCUT2D eigenvalue weighted by atomic mass is 10.2. The third-order valence-electron chi connectivity index (χ3n) is 3.59. The van der Waals surface area contributed by atoms with Gasteiger partial charge in [0.2, 0.25) is 0 Å². The zero-order valence-corrected chi connectivity index (χ0v) is 18.7. The summed E-state index contributed by atoms with van der Waals surface area (Å²) in [7, 11) is 4.92. The highest BCUT2D eigenvalue weighted by Crippen LogP contribution is 2.29. The number of halogens is 2. The molecule has 0 aliphatic heterocycles. The van der Waals surface area contributed by atoms with Gasteiger partial charge in [0.1, 0.15) is 0 Å². The van der Waals surface area contributed by atoms with E-state index in [-0.39, 0.29) is 24.0 Å². The molecule has 2 rings (SSSR count). The van der Waals surface area contributed by atoms with Crippen LogP contribution in [0.5, 0.6) is 11.5 Å². The van der Waals surface area contributed by atoms with Crippen LogP contribution in [0.3, 0.4) is 0 Å². The van der Waals surface area contributed by atoms with E-state index in [0.29, 0.717) is 37.2 Å². The van der Waals surface area contributed by atoms with Gasteiger partial charge in [0.25, 0.3) is 0 Å². The number of hydrogen-bond acceptors (Lipinski definition) is 4. The third kappa shape index (κ3) is 7.82. The molecular formula is C19H25ClIN3O3. The molecule has 6 nitrogen and oxygen atoms in total. The molecule has 8 heteroatoms. The number of guanidine groups is 1. The van der Waals surface area contributed by atoms with Crippen molar-refractivity contribution in [2.24, 2.45) is 4.99 Å². The Kier molecular flexibility index (Phi) is 10.9. The van der Waals surface area contributed by atoms with Gasteiger partial charge < -0.3 is 24.8 Å². The molecule has 0 heterocycles. The van der Waals surface area contributed by atoms with E-state index in [2.05, 4.69) is 15.6 Å². The highest BCUT2D eigenvalue weighted by atomic mass is 127. The second-order valence-electron chi connectivity index (χ2n) is 5.37. The van der Waals surface area contributed by atoms with Crippen LogP contribution in [0, 0.1) is 0 Å². The average molecular weight is 506 g/mol. The molecule has 0 saturated heterocycles. The van der Waals surface area contributed by atoms with E-state index >= 15 is 0 Å². The van der Waals surface area contributed by atoms with Crippen molar-refractivity contribution < 1.29 is 14.2 Å². The first-order valence-electron chi connectivity index (χ1n) is 8.18. The van der Waals surface area contributed by atoms with Crippen molar-refractivity contribution in [2.45, 2.75) is 6.61 Å². The van der Waals surface area contributed by atoms with Crippen LogP contribution in [-0.2, 0) is 11.3 Å². The van der Waals surface area contributed by atoms with Gasteiger partial charge in [0.05, 0.1) is 27.4 Å². The number of hydrogen-bond donors (Lipinski definition) is 2. The summed E-state index contributed by atoms with van der Waals surface area (Å²) in [5, 5.41) is 7.13. The van der Waals surface area contributed by atoms with Gasteiger partial charge in [-0.05, 0) is 29.8 Å². The Labute approximate surface area is 182 Å². The van der Waals surface area contributed by atoms with E-state index in [4.69, 9.17) is 25.8 Å². The minimum atomic E-state index is 0. The summed E-state index contributed by atoms with van der Waals surface area (Å²) in [5.41, 5.74) is 1.93. The number of anilines is 1. The van der Waals surface area contributed by atoms with E-state index < -0.39 is 0 Å². The van der Waals surface area contributed by atoms with E-state index in [0.717, 1.165) is 16.3 Å². The van der Waals surface area contributed by atoms with Crippen molar-refractivity contribution in [1.29, 1.82) is 0 Å². The number of nitrogens with one attached hydrogen (secondary N) is 2. The van der Waals surface area contributed by atoms with Gasteiger partial charge in [-0.3, -0.25) is 4.99 Å². The zero-order valence-electron chi connectivity index (χ0n) is 15.6. The number of ether oxygens (including phenoxy) is 3. The van der Waals surface area contributed by atoms with Gasteiger partial charge in [-0.2, -0.15) is 0 Å². The monoisotopic (exact) mass is 505 g/mol. The van der Waals surface area contributed by atoms with Crippen LogP contribution in [0.4, 0.5) is 5.69 Å². The smallest absolute Gasteiger partial charge is 0.195 e. The van der Waals surface area contributed by atoms with Crippen molar-refractivity contribution in [2.75, 3.05) is 39.7 Å². The Bertz CT molecular complexity index is 727. The summed E-state index contributed by atoms with van der Waals surface area (Å²) in [6.07, 6.45) is 0. The van der Waals surface area contributed by atoms with E-state index in [1.807, 2.05) is 42.5 Å². The number of benzene rings is 2. The third-order valence-corrected chi connectivity index (χ3v) is 3.84. The summed E-state index contributed by atoms with van der Waals surface area (Å²) in [6, 6.07) is 13.2. The number of aliphatic imine (C=N–C) groups is 1. The maximum Gasteiger partial charge on any atom is 0.195 e. The summed E-state index contributed by atoms with van der Waals surface area (Å²) < 4.78 is 16.2. The van der Waals surface area contributed by atoms with Crippen molar-refractivity contribution in [3.05, 3.63) is 53.1 Å². The minimum Gasteiger partial charge on any atom is -0.493 e. The first-order valence-corrected chi connectivity index (χ1v) is 8.56. The Morgan fingerprint density at radius 3 is 2.37 bits per heavy atom. The van der Waals surface area contributed by atoms with Crippen LogP contribution in [0.1, 0.15) is 5.56 Å². The zero-order chi connectivity index (χ0) is 18.8. The lowest BCUT2D eigenvalue weighted by Crippen LogP contribution is -2.33. The number of rotatable bonds is 8. The molecule has 0 radical (unpaired) electrons. The normalized spacial score (nSPS) is 10.7. The summed E-state index contributed by atoms with van der Waals surface area (Å²) in [6.45, 7) is 1.72. The molecule has 0 bridgehead atoms. The molecule has 2 aromatic carbocycles. The molecule has 0 aromatic heterocycles. The summed E-state index contributed by atoms with van der Waals surface area (Å²) in [5.74, 6) is 1.98. The second kappa shape index (κ2) is 12.6. The lowest BCUT2D eigenvalue weighted by molar-refractivity contribution is 0.125. The predicted molar refractivity (Wildman–Crippen MR) is 121 cm³/mol. The largest absolute Gasteiger partial charge is 0.493 e. The predicted octanol–water partition coefficient (Wildman–Crippen LogP) is 4.18. The van der Waals surface area contributed by atoms with Gasteiger partial charge in [-0.25, -0.2) is 0 Å². The van der Waals surface area contributed by atoms with E-state index in [1.54, 1.807) is 21.3 Å². The molecule has 2 N–H and O–H groups in total. The molecule has 0 saturated carbocycles. The molecule has 27 heavy (non-hydrogen) atoms. The molecule has 0 fully saturated rings. The Hall–Kier alpha value is -1.71. The topological polar surface area (TPSA) is 64.1 Å². The molecule has 0 amide bonds. The van der Waals surface area contributed by atoms with Gasteiger partial charge in [-0.1, -0.05) is 23.7 Å². The molecule has 0 aliphatic rings. The maximum atomic E-state index is 5.86. The van der Waals surface area contributed by atoms with Crippen LogP contribution in [0.2, 0.25) is 5.02 Å². The molecule has 0 aliphatic carbocycles. The number of methoxy groups -OCH3 is 2. The van der Waals surface area contributed by atoms with Crippen molar-refractivity contribution in [1.82, 2.24) is 5.32 Å². The summed E-state index contributed by atoms with van der Waals surface area (Å²) >= 11 is 5.86. The van der Waals surface area contributed by atoms with Crippen molar-refractivity contribution in [3.8, 4) is 11.5 Å². The molecule has 148 valence electrons. The average Bonchev–Trinajstić information content (AvgIpc) is 2.68. The molecule has 0 unspecified atom stereocenters. The van der Waals surface area contributed by atoms with Crippen LogP contribution >= 0.6 is 35.6 Å². The van der Waals surface area contributed by atoms with Crippen molar-refractivity contribution >= 4 is 47.2 Å². The molecule has 2 aromatic rings. The van der Waals surface area contributed by atoms with Gasteiger partial charge in [0, 0.05) is 30.4 Å². The quantitative estimate of drug-likeness (QED) is 0.244.